The molecule has 0 heterocycles. The Bertz CT molecular complexity index is 642. The predicted molar refractivity (Wildman–Crippen MR) is 156 cm³/mol. The SMILES string of the molecule is CCCCCCCCCCCCC1(C(=O)O)CC=CC(C)C1(CCCCCCCCCCCC)C(=O)O. The first kappa shape index (κ1) is 33.7. The number of carboxylic acid groups (broad SMARTS) is 2. The van der Waals surface area contributed by atoms with Crippen LogP contribution in [0.25, 0.3) is 0 Å². The molecule has 4 nitrogen and oxygen atoms in total. The van der Waals surface area contributed by atoms with E-state index in [0.29, 0.717) is 19.3 Å². The van der Waals surface area contributed by atoms with Gasteiger partial charge in [0.25, 0.3) is 0 Å². The lowest BCUT2D eigenvalue weighted by atomic mass is 9.50. The fraction of sp³-hybridized carbons (Fsp3) is 0.879. The van der Waals surface area contributed by atoms with Crippen LogP contribution in [0.1, 0.15) is 168 Å². The molecule has 37 heavy (non-hydrogen) atoms. The summed E-state index contributed by atoms with van der Waals surface area (Å²) < 4.78 is 0. The molecule has 4 heteroatoms. The largest absolute Gasteiger partial charge is 0.481 e. The minimum Gasteiger partial charge on any atom is -0.481 e. The van der Waals surface area contributed by atoms with Crippen molar-refractivity contribution in [2.75, 3.05) is 0 Å². The van der Waals surface area contributed by atoms with E-state index in [1.54, 1.807) is 0 Å². The monoisotopic (exact) mass is 520 g/mol. The molecule has 0 radical (unpaired) electrons. The highest BCUT2D eigenvalue weighted by Gasteiger charge is 2.63. The van der Waals surface area contributed by atoms with Crippen molar-refractivity contribution in [1.29, 1.82) is 0 Å². The van der Waals surface area contributed by atoms with Gasteiger partial charge < -0.3 is 10.2 Å². The summed E-state index contributed by atoms with van der Waals surface area (Å²) in [6.07, 6.45) is 29.0. The number of carbonyl (C=O) groups is 2. The Kier molecular flexibility index (Phi) is 18.0. The number of allylic oxidation sites excluding steroid dienone is 2. The predicted octanol–water partition coefficient (Wildman–Crippen LogP) is 10.3. The Morgan fingerprint density at radius 3 is 1.38 bits per heavy atom. The van der Waals surface area contributed by atoms with Crippen molar-refractivity contribution in [3.63, 3.8) is 0 Å². The molecule has 3 unspecified atom stereocenters. The van der Waals surface area contributed by atoms with Crippen LogP contribution >= 0.6 is 0 Å². The van der Waals surface area contributed by atoms with Crippen LogP contribution in [0.2, 0.25) is 0 Å². The van der Waals surface area contributed by atoms with Crippen LogP contribution in [0.4, 0.5) is 0 Å². The van der Waals surface area contributed by atoms with Gasteiger partial charge >= 0.3 is 11.9 Å². The van der Waals surface area contributed by atoms with E-state index in [1.807, 2.05) is 19.1 Å². The summed E-state index contributed by atoms with van der Waals surface area (Å²) in [5, 5.41) is 21.1. The molecule has 216 valence electrons. The normalized spacial score (nSPS) is 23.4. The molecular formula is C33H60O4. The van der Waals surface area contributed by atoms with E-state index in [4.69, 9.17) is 0 Å². The van der Waals surface area contributed by atoms with Gasteiger partial charge in [0.2, 0.25) is 0 Å². The molecule has 0 saturated heterocycles. The van der Waals surface area contributed by atoms with Gasteiger partial charge in [-0.25, -0.2) is 0 Å². The summed E-state index contributed by atoms with van der Waals surface area (Å²) in [5.41, 5.74) is -2.42. The number of unbranched alkanes of at least 4 members (excludes halogenated alkanes) is 18. The molecule has 0 fully saturated rings. The molecule has 1 rings (SSSR count). The third-order valence-corrected chi connectivity index (χ3v) is 9.20. The average molecular weight is 521 g/mol. The van der Waals surface area contributed by atoms with Crippen LogP contribution in [-0.4, -0.2) is 22.2 Å². The molecule has 1 aliphatic carbocycles. The second-order valence-electron chi connectivity index (χ2n) is 11.9. The molecule has 0 aliphatic heterocycles. The van der Waals surface area contributed by atoms with Crippen molar-refractivity contribution in [3.05, 3.63) is 12.2 Å². The van der Waals surface area contributed by atoms with Gasteiger partial charge in [0.1, 0.15) is 0 Å². The Labute approximate surface area is 229 Å². The van der Waals surface area contributed by atoms with Crippen LogP contribution < -0.4 is 0 Å². The third kappa shape index (κ3) is 10.8. The maximum atomic E-state index is 12.9. The van der Waals surface area contributed by atoms with Crippen LogP contribution in [-0.2, 0) is 9.59 Å². The zero-order valence-corrected chi connectivity index (χ0v) is 24.7. The Morgan fingerprint density at radius 2 is 1.00 bits per heavy atom. The summed E-state index contributed by atoms with van der Waals surface area (Å²) >= 11 is 0. The van der Waals surface area contributed by atoms with Crippen LogP contribution in [0.5, 0.6) is 0 Å². The van der Waals surface area contributed by atoms with Crippen LogP contribution in [0, 0.1) is 16.7 Å². The number of hydrogen-bond donors (Lipinski definition) is 2. The van der Waals surface area contributed by atoms with Gasteiger partial charge in [-0.2, -0.15) is 0 Å². The average Bonchev–Trinajstić information content (AvgIpc) is 2.87. The van der Waals surface area contributed by atoms with Gasteiger partial charge in [0, 0.05) is 0 Å². The summed E-state index contributed by atoms with van der Waals surface area (Å²) in [6, 6.07) is 0. The summed E-state index contributed by atoms with van der Waals surface area (Å²) in [5.74, 6) is -2.08. The van der Waals surface area contributed by atoms with Gasteiger partial charge in [-0.15, -0.1) is 0 Å². The van der Waals surface area contributed by atoms with Gasteiger partial charge in [0.05, 0.1) is 10.8 Å². The second-order valence-corrected chi connectivity index (χ2v) is 11.9. The van der Waals surface area contributed by atoms with E-state index in [9.17, 15) is 19.8 Å². The minimum atomic E-state index is -1.22. The molecule has 0 spiro atoms. The van der Waals surface area contributed by atoms with Gasteiger partial charge in [0.15, 0.2) is 0 Å². The van der Waals surface area contributed by atoms with Gasteiger partial charge in [-0.3, -0.25) is 9.59 Å². The summed E-state index contributed by atoms with van der Waals surface area (Å²) in [6.45, 7) is 6.41. The highest BCUT2D eigenvalue weighted by atomic mass is 16.4. The fourth-order valence-electron chi connectivity index (χ4n) is 6.74. The van der Waals surface area contributed by atoms with E-state index in [0.717, 1.165) is 38.5 Å². The van der Waals surface area contributed by atoms with E-state index >= 15 is 0 Å². The lowest BCUT2D eigenvalue weighted by molar-refractivity contribution is -0.182. The topological polar surface area (TPSA) is 74.6 Å². The highest BCUT2D eigenvalue weighted by Crippen LogP contribution is 2.57. The van der Waals surface area contributed by atoms with E-state index in [-0.39, 0.29) is 5.92 Å². The van der Waals surface area contributed by atoms with E-state index < -0.39 is 22.8 Å². The van der Waals surface area contributed by atoms with Gasteiger partial charge in [-0.05, 0) is 25.2 Å². The van der Waals surface area contributed by atoms with Crippen molar-refractivity contribution >= 4 is 11.9 Å². The van der Waals surface area contributed by atoms with Crippen LogP contribution in [0.15, 0.2) is 12.2 Å². The maximum absolute atomic E-state index is 12.9. The molecule has 2 N–H and O–H groups in total. The molecule has 1 aliphatic rings. The maximum Gasteiger partial charge on any atom is 0.311 e. The molecule has 0 aromatic carbocycles. The first-order valence-electron chi connectivity index (χ1n) is 16.0. The molecular weight excluding hydrogens is 460 g/mol. The zero-order chi connectivity index (χ0) is 27.4. The number of hydrogen-bond acceptors (Lipinski definition) is 2. The number of aliphatic carboxylic acids is 2. The highest BCUT2D eigenvalue weighted by molar-refractivity contribution is 5.88. The van der Waals surface area contributed by atoms with E-state index in [1.165, 1.54) is 89.9 Å². The Morgan fingerprint density at radius 1 is 0.622 bits per heavy atom. The number of carboxylic acids is 2. The Balaban J connectivity index is 2.62. The molecule has 0 saturated carbocycles. The lowest BCUT2D eigenvalue weighted by Crippen LogP contribution is -2.57. The van der Waals surface area contributed by atoms with Crippen molar-refractivity contribution in [3.8, 4) is 0 Å². The standard InChI is InChI=1S/C33H60O4/c1-4-6-8-10-12-14-16-18-20-22-26-32(30(34)35)27-24-25-29(3)33(32,31(36)37)28-23-21-19-17-15-13-11-9-7-5-2/h24-25,29H,4-23,26-28H2,1-3H3,(H,34,35)(H,36,37). The van der Waals surface area contributed by atoms with E-state index in [2.05, 4.69) is 13.8 Å². The summed E-state index contributed by atoms with van der Waals surface area (Å²) in [4.78, 5) is 25.7. The molecule has 3 atom stereocenters. The molecule has 0 bridgehead atoms. The first-order chi connectivity index (χ1) is 17.9. The quantitative estimate of drug-likeness (QED) is 0.0980. The molecule has 0 aromatic rings. The molecule has 0 amide bonds. The fourth-order valence-corrected chi connectivity index (χ4v) is 6.74. The number of rotatable bonds is 24. The van der Waals surface area contributed by atoms with Crippen molar-refractivity contribution in [1.82, 2.24) is 0 Å². The summed E-state index contributed by atoms with van der Waals surface area (Å²) in [7, 11) is 0. The lowest BCUT2D eigenvalue weighted by Gasteiger charge is -2.50. The van der Waals surface area contributed by atoms with Crippen molar-refractivity contribution in [2.24, 2.45) is 16.7 Å². The van der Waals surface area contributed by atoms with Gasteiger partial charge in [-0.1, -0.05) is 161 Å². The molecule has 0 aromatic heterocycles. The van der Waals surface area contributed by atoms with Crippen LogP contribution in [0.3, 0.4) is 0 Å². The smallest absolute Gasteiger partial charge is 0.311 e. The van der Waals surface area contributed by atoms with Crippen molar-refractivity contribution in [2.45, 2.75) is 168 Å². The zero-order valence-electron chi connectivity index (χ0n) is 24.7. The first-order valence-corrected chi connectivity index (χ1v) is 16.0. The second kappa shape index (κ2) is 19.7. The third-order valence-electron chi connectivity index (χ3n) is 9.20. The minimum absolute atomic E-state index is 0.267. The Hall–Kier alpha value is -1.32. The van der Waals surface area contributed by atoms with Crippen molar-refractivity contribution < 1.29 is 19.8 Å².